The van der Waals surface area contributed by atoms with E-state index in [1.54, 1.807) is 25.5 Å². The van der Waals surface area contributed by atoms with E-state index in [1.165, 1.54) is 0 Å². The number of methoxy groups -OCH3 is 1. The number of para-hydroxylation sites is 1. The van der Waals surface area contributed by atoms with Gasteiger partial charge in [0.15, 0.2) is 17.1 Å². The van der Waals surface area contributed by atoms with Crippen molar-refractivity contribution < 1.29 is 14.6 Å². The van der Waals surface area contributed by atoms with Crippen molar-refractivity contribution in [1.29, 1.82) is 0 Å². The summed E-state index contributed by atoms with van der Waals surface area (Å²) in [5.74, 6) is 1.39. The SMILES string of the molecule is COc1cc(/C=N\Nc2nnc3c(n2)[nH]c2ccccc23)ccc1OCCO. The number of hydrogen-bond acceptors (Lipinski definition) is 8. The van der Waals surface area contributed by atoms with Gasteiger partial charge in [-0.1, -0.05) is 18.2 Å². The number of hydrazone groups is 1. The molecule has 4 aromatic rings. The largest absolute Gasteiger partial charge is 0.493 e. The van der Waals surface area contributed by atoms with Gasteiger partial charge in [0.1, 0.15) is 12.1 Å². The molecule has 2 aromatic heterocycles. The van der Waals surface area contributed by atoms with Crippen LogP contribution in [0.4, 0.5) is 5.95 Å². The standard InChI is InChI=1S/C19H18N6O3/c1-27-16-10-12(6-7-15(16)28-9-8-26)11-20-24-19-22-18-17(23-25-19)13-4-2-3-5-14(13)21-18/h2-7,10-11,26H,8-9H2,1H3,(H2,21,22,24,25)/b20-11-. The first kappa shape index (κ1) is 17.7. The van der Waals surface area contributed by atoms with Gasteiger partial charge in [-0.3, -0.25) is 0 Å². The summed E-state index contributed by atoms with van der Waals surface area (Å²) >= 11 is 0. The highest BCUT2D eigenvalue weighted by Gasteiger charge is 2.08. The van der Waals surface area contributed by atoms with Crippen LogP contribution in [0.1, 0.15) is 5.56 Å². The fourth-order valence-electron chi connectivity index (χ4n) is 2.77. The van der Waals surface area contributed by atoms with Crippen molar-refractivity contribution >= 4 is 34.2 Å². The third kappa shape index (κ3) is 3.55. The monoisotopic (exact) mass is 378 g/mol. The van der Waals surface area contributed by atoms with Crippen LogP contribution in [-0.4, -0.2) is 51.8 Å². The van der Waals surface area contributed by atoms with Gasteiger partial charge in [-0.25, -0.2) is 5.43 Å². The summed E-state index contributed by atoms with van der Waals surface area (Å²) in [6, 6.07) is 13.2. The molecule has 0 unspecified atom stereocenters. The number of fused-ring (bicyclic) bond motifs is 3. The lowest BCUT2D eigenvalue weighted by molar-refractivity contribution is 0.196. The topological polar surface area (TPSA) is 118 Å². The fourth-order valence-corrected chi connectivity index (χ4v) is 2.77. The van der Waals surface area contributed by atoms with Gasteiger partial charge in [-0.05, 0) is 29.8 Å². The Kier molecular flexibility index (Phi) is 4.98. The van der Waals surface area contributed by atoms with Crippen molar-refractivity contribution in [2.75, 3.05) is 25.7 Å². The number of nitrogens with one attached hydrogen (secondary N) is 2. The van der Waals surface area contributed by atoms with E-state index in [1.807, 2.05) is 30.3 Å². The van der Waals surface area contributed by atoms with Crippen LogP contribution in [0, 0.1) is 0 Å². The van der Waals surface area contributed by atoms with E-state index in [9.17, 15) is 0 Å². The Labute approximate surface area is 160 Å². The van der Waals surface area contributed by atoms with Gasteiger partial charge in [0, 0.05) is 10.9 Å². The van der Waals surface area contributed by atoms with Crippen LogP contribution >= 0.6 is 0 Å². The van der Waals surface area contributed by atoms with Gasteiger partial charge >= 0.3 is 0 Å². The van der Waals surface area contributed by atoms with Gasteiger partial charge in [0.2, 0.25) is 0 Å². The highest BCUT2D eigenvalue weighted by atomic mass is 16.5. The smallest absolute Gasteiger partial charge is 0.265 e. The minimum absolute atomic E-state index is 0.0644. The molecular formula is C19H18N6O3. The molecule has 0 fully saturated rings. The van der Waals surface area contributed by atoms with Crippen molar-refractivity contribution in [3.63, 3.8) is 0 Å². The summed E-state index contributed by atoms with van der Waals surface area (Å²) in [5, 5.41) is 22.3. The average molecular weight is 378 g/mol. The van der Waals surface area contributed by atoms with Crippen LogP contribution in [0.5, 0.6) is 11.5 Å². The Hall–Kier alpha value is -3.72. The maximum atomic E-state index is 8.86. The summed E-state index contributed by atoms with van der Waals surface area (Å²) < 4.78 is 10.7. The highest BCUT2D eigenvalue weighted by Crippen LogP contribution is 2.27. The number of ether oxygens (including phenoxy) is 2. The van der Waals surface area contributed by atoms with E-state index in [4.69, 9.17) is 14.6 Å². The summed E-state index contributed by atoms with van der Waals surface area (Å²) in [4.78, 5) is 7.61. The summed E-state index contributed by atoms with van der Waals surface area (Å²) in [6.07, 6.45) is 1.61. The second-order valence-corrected chi connectivity index (χ2v) is 5.86. The van der Waals surface area contributed by atoms with Crippen molar-refractivity contribution in [1.82, 2.24) is 20.2 Å². The number of H-pyrrole nitrogens is 1. The van der Waals surface area contributed by atoms with Gasteiger partial charge in [-0.15, -0.1) is 10.2 Å². The maximum Gasteiger partial charge on any atom is 0.265 e. The summed E-state index contributed by atoms with van der Waals surface area (Å²) in [5.41, 5.74) is 5.88. The van der Waals surface area contributed by atoms with Crippen LogP contribution < -0.4 is 14.9 Å². The normalized spacial score (nSPS) is 11.4. The van der Waals surface area contributed by atoms with E-state index < -0.39 is 0 Å². The molecule has 2 heterocycles. The first-order valence-electron chi connectivity index (χ1n) is 8.60. The average Bonchev–Trinajstić information content (AvgIpc) is 3.10. The third-order valence-corrected chi connectivity index (χ3v) is 4.04. The summed E-state index contributed by atoms with van der Waals surface area (Å²) in [7, 11) is 1.55. The molecule has 0 amide bonds. The Balaban J connectivity index is 1.50. The number of aromatic amines is 1. The molecule has 3 N–H and O–H groups in total. The zero-order valence-electron chi connectivity index (χ0n) is 15.1. The van der Waals surface area contributed by atoms with E-state index in [-0.39, 0.29) is 19.2 Å². The fraction of sp³-hybridized carbons (Fsp3) is 0.158. The minimum Gasteiger partial charge on any atom is -0.493 e. The molecule has 142 valence electrons. The Bertz CT molecular complexity index is 1140. The Morgan fingerprint density at radius 1 is 1.18 bits per heavy atom. The number of aliphatic hydroxyl groups excluding tert-OH is 1. The van der Waals surface area contributed by atoms with Crippen molar-refractivity contribution in [2.24, 2.45) is 5.10 Å². The van der Waals surface area contributed by atoms with Gasteiger partial charge in [0.25, 0.3) is 5.95 Å². The van der Waals surface area contributed by atoms with Crippen LogP contribution in [0.15, 0.2) is 47.6 Å². The molecule has 0 radical (unpaired) electrons. The zero-order valence-corrected chi connectivity index (χ0v) is 15.1. The summed E-state index contributed by atoms with van der Waals surface area (Å²) in [6.45, 7) is 0.136. The predicted molar refractivity (Wildman–Crippen MR) is 106 cm³/mol. The second kappa shape index (κ2) is 7.89. The molecule has 0 saturated heterocycles. The van der Waals surface area contributed by atoms with Crippen LogP contribution in [0.3, 0.4) is 0 Å². The van der Waals surface area contributed by atoms with Crippen molar-refractivity contribution in [3.05, 3.63) is 48.0 Å². The number of aliphatic hydroxyl groups is 1. The predicted octanol–water partition coefficient (Wildman–Crippen LogP) is 2.33. The number of hydrogen-bond donors (Lipinski definition) is 3. The lowest BCUT2D eigenvalue weighted by Gasteiger charge is -2.10. The molecule has 4 rings (SSSR count). The van der Waals surface area contributed by atoms with E-state index >= 15 is 0 Å². The highest BCUT2D eigenvalue weighted by molar-refractivity contribution is 6.03. The zero-order chi connectivity index (χ0) is 19.3. The molecule has 0 atom stereocenters. The maximum absolute atomic E-state index is 8.86. The van der Waals surface area contributed by atoms with Crippen LogP contribution in [0.2, 0.25) is 0 Å². The van der Waals surface area contributed by atoms with Gasteiger partial charge < -0.3 is 19.6 Å². The molecule has 0 bridgehead atoms. The first-order valence-corrected chi connectivity index (χ1v) is 8.60. The van der Waals surface area contributed by atoms with E-state index in [0.717, 1.165) is 16.5 Å². The molecule has 28 heavy (non-hydrogen) atoms. The number of benzene rings is 2. The molecule has 0 aliphatic carbocycles. The molecule has 2 aromatic carbocycles. The Morgan fingerprint density at radius 2 is 2.07 bits per heavy atom. The van der Waals surface area contributed by atoms with E-state index in [0.29, 0.717) is 22.7 Å². The molecule has 0 spiro atoms. The molecule has 0 aliphatic rings. The molecule has 9 heteroatoms. The number of rotatable bonds is 7. The van der Waals surface area contributed by atoms with Crippen LogP contribution in [0.25, 0.3) is 22.1 Å². The lowest BCUT2D eigenvalue weighted by Crippen LogP contribution is -2.03. The van der Waals surface area contributed by atoms with Crippen LogP contribution in [-0.2, 0) is 0 Å². The molecule has 9 nitrogen and oxygen atoms in total. The molecular weight excluding hydrogens is 360 g/mol. The quantitative estimate of drug-likeness (QED) is 0.334. The van der Waals surface area contributed by atoms with Crippen molar-refractivity contribution in [2.45, 2.75) is 0 Å². The van der Waals surface area contributed by atoms with Gasteiger partial charge in [-0.2, -0.15) is 10.1 Å². The van der Waals surface area contributed by atoms with E-state index in [2.05, 4.69) is 30.7 Å². The van der Waals surface area contributed by atoms with Crippen molar-refractivity contribution in [3.8, 4) is 11.5 Å². The second-order valence-electron chi connectivity index (χ2n) is 5.86. The first-order chi connectivity index (χ1) is 13.8. The Morgan fingerprint density at radius 3 is 2.93 bits per heavy atom. The molecule has 0 aliphatic heterocycles. The molecule has 0 saturated carbocycles. The third-order valence-electron chi connectivity index (χ3n) is 4.04. The van der Waals surface area contributed by atoms with Gasteiger partial charge in [0.05, 0.1) is 19.9 Å². The lowest BCUT2D eigenvalue weighted by atomic mass is 10.2. The number of aromatic nitrogens is 4. The number of anilines is 1. The minimum atomic E-state index is -0.0644. The number of nitrogens with zero attached hydrogens (tertiary/aromatic N) is 4.